The molecule has 0 aliphatic heterocycles. The summed E-state index contributed by atoms with van der Waals surface area (Å²) in [6.45, 7) is 0. The van der Waals surface area contributed by atoms with Crippen molar-refractivity contribution < 1.29 is 9.47 Å². The number of aromatic nitrogens is 2. The molecular weight excluding hydrogens is 180 g/mol. The predicted molar refractivity (Wildman–Crippen MR) is 52.6 cm³/mol. The molecule has 72 valence electrons. The second-order valence-electron chi connectivity index (χ2n) is 2.75. The Kier molecular flexibility index (Phi) is 2.18. The van der Waals surface area contributed by atoms with Gasteiger partial charge in [0, 0.05) is 17.5 Å². The molecule has 0 saturated heterocycles. The quantitative estimate of drug-likeness (QED) is 0.722. The highest BCUT2D eigenvalue weighted by Gasteiger charge is 2.00. The molecule has 0 amide bonds. The summed E-state index contributed by atoms with van der Waals surface area (Å²) >= 11 is 0. The minimum atomic E-state index is 0.554. The van der Waals surface area contributed by atoms with Crippen LogP contribution in [0.15, 0.2) is 24.3 Å². The van der Waals surface area contributed by atoms with Gasteiger partial charge in [-0.1, -0.05) is 0 Å². The number of ether oxygens (including phenoxy) is 2. The molecule has 0 spiro atoms. The molecule has 14 heavy (non-hydrogen) atoms. The van der Waals surface area contributed by atoms with Gasteiger partial charge in [0.15, 0.2) is 5.65 Å². The molecule has 0 atom stereocenters. The number of hydrogen-bond donors (Lipinski definition) is 0. The van der Waals surface area contributed by atoms with E-state index in [-0.39, 0.29) is 0 Å². The smallest absolute Gasteiger partial charge is 0.215 e. The first kappa shape index (κ1) is 8.74. The number of fused-ring (bicyclic) bond motifs is 1. The largest absolute Gasteiger partial charge is 0.481 e. The molecule has 0 bridgehead atoms. The van der Waals surface area contributed by atoms with Crippen LogP contribution in [-0.4, -0.2) is 24.2 Å². The van der Waals surface area contributed by atoms with E-state index in [9.17, 15) is 0 Å². The molecule has 0 N–H and O–H groups in total. The van der Waals surface area contributed by atoms with Crippen molar-refractivity contribution in [3.8, 4) is 11.8 Å². The number of pyridine rings is 2. The van der Waals surface area contributed by atoms with Gasteiger partial charge < -0.3 is 9.47 Å². The highest BCUT2D eigenvalue weighted by Crippen LogP contribution is 2.17. The summed E-state index contributed by atoms with van der Waals surface area (Å²) in [6, 6.07) is 7.42. The molecule has 0 aliphatic carbocycles. The Balaban J connectivity index is 2.60. The van der Waals surface area contributed by atoms with Gasteiger partial charge in [0.05, 0.1) is 14.2 Å². The van der Waals surface area contributed by atoms with Crippen molar-refractivity contribution in [1.82, 2.24) is 9.97 Å². The molecule has 0 fully saturated rings. The van der Waals surface area contributed by atoms with Crippen molar-refractivity contribution in [1.29, 1.82) is 0 Å². The van der Waals surface area contributed by atoms with Crippen LogP contribution in [0.5, 0.6) is 11.8 Å². The molecule has 4 heteroatoms. The summed E-state index contributed by atoms with van der Waals surface area (Å²) in [5, 5.41) is 0.964. The lowest BCUT2D eigenvalue weighted by molar-refractivity contribution is 0.395. The lowest BCUT2D eigenvalue weighted by Crippen LogP contribution is -1.92. The average molecular weight is 190 g/mol. The van der Waals surface area contributed by atoms with Crippen molar-refractivity contribution in [3.05, 3.63) is 24.3 Å². The Hall–Kier alpha value is -1.84. The third-order valence-corrected chi connectivity index (χ3v) is 1.92. The minimum Gasteiger partial charge on any atom is -0.481 e. The van der Waals surface area contributed by atoms with Crippen LogP contribution in [0.1, 0.15) is 0 Å². The highest BCUT2D eigenvalue weighted by molar-refractivity contribution is 5.75. The van der Waals surface area contributed by atoms with E-state index in [1.807, 2.05) is 12.1 Å². The Morgan fingerprint density at radius 1 is 0.857 bits per heavy atom. The van der Waals surface area contributed by atoms with Crippen molar-refractivity contribution >= 4 is 11.0 Å². The predicted octanol–water partition coefficient (Wildman–Crippen LogP) is 1.65. The molecule has 4 nitrogen and oxygen atoms in total. The summed E-state index contributed by atoms with van der Waals surface area (Å²) in [7, 11) is 3.16. The summed E-state index contributed by atoms with van der Waals surface area (Å²) < 4.78 is 10.0. The van der Waals surface area contributed by atoms with E-state index < -0.39 is 0 Å². The second-order valence-corrected chi connectivity index (χ2v) is 2.75. The normalized spacial score (nSPS) is 10.1. The van der Waals surface area contributed by atoms with Crippen LogP contribution >= 0.6 is 0 Å². The zero-order chi connectivity index (χ0) is 9.97. The van der Waals surface area contributed by atoms with E-state index in [2.05, 4.69) is 9.97 Å². The average Bonchev–Trinajstić information content (AvgIpc) is 2.27. The lowest BCUT2D eigenvalue weighted by Gasteiger charge is -2.02. The first-order valence-corrected chi connectivity index (χ1v) is 4.19. The molecule has 2 aromatic rings. The third-order valence-electron chi connectivity index (χ3n) is 1.92. The zero-order valence-corrected chi connectivity index (χ0v) is 8.02. The maximum Gasteiger partial charge on any atom is 0.215 e. The van der Waals surface area contributed by atoms with Gasteiger partial charge in [-0.05, 0) is 12.1 Å². The van der Waals surface area contributed by atoms with E-state index in [1.54, 1.807) is 26.4 Å². The van der Waals surface area contributed by atoms with Gasteiger partial charge in [0.1, 0.15) is 0 Å². The van der Waals surface area contributed by atoms with E-state index >= 15 is 0 Å². The standard InChI is InChI=1S/C10H10N2O2/c1-13-8-5-3-7-4-6-9(14-2)12-10(7)11-8/h3-6H,1-2H3. The summed E-state index contributed by atoms with van der Waals surface area (Å²) in [5.74, 6) is 1.11. The Bertz CT molecular complexity index is 418. The van der Waals surface area contributed by atoms with Crippen molar-refractivity contribution in [3.63, 3.8) is 0 Å². The fourth-order valence-corrected chi connectivity index (χ4v) is 1.19. The fraction of sp³-hybridized carbons (Fsp3) is 0.200. The van der Waals surface area contributed by atoms with E-state index in [1.165, 1.54) is 0 Å². The van der Waals surface area contributed by atoms with Crippen LogP contribution < -0.4 is 9.47 Å². The SMILES string of the molecule is COc1ccc2ccc(OC)nc2n1. The number of methoxy groups -OCH3 is 2. The van der Waals surface area contributed by atoms with Crippen LogP contribution in [0.3, 0.4) is 0 Å². The molecule has 0 radical (unpaired) electrons. The van der Waals surface area contributed by atoms with Crippen LogP contribution in [0.2, 0.25) is 0 Å². The molecule has 2 aromatic heterocycles. The monoisotopic (exact) mass is 190 g/mol. The minimum absolute atomic E-state index is 0.554. The third kappa shape index (κ3) is 1.46. The van der Waals surface area contributed by atoms with Crippen LogP contribution in [0.25, 0.3) is 11.0 Å². The van der Waals surface area contributed by atoms with Gasteiger partial charge in [-0.3, -0.25) is 0 Å². The molecule has 0 saturated carbocycles. The molecule has 0 unspecified atom stereocenters. The molecule has 2 heterocycles. The molecule has 2 rings (SSSR count). The maximum absolute atomic E-state index is 5.00. The molecular formula is C10H10N2O2. The Morgan fingerprint density at radius 2 is 1.36 bits per heavy atom. The van der Waals surface area contributed by atoms with Crippen molar-refractivity contribution in [2.24, 2.45) is 0 Å². The Labute approximate surface area is 81.5 Å². The fourth-order valence-electron chi connectivity index (χ4n) is 1.19. The van der Waals surface area contributed by atoms with E-state index in [0.717, 1.165) is 5.39 Å². The van der Waals surface area contributed by atoms with Gasteiger partial charge in [-0.25, -0.2) is 0 Å². The molecule has 0 aliphatic rings. The topological polar surface area (TPSA) is 44.2 Å². The zero-order valence-electron chi connectivity index (χ0n) is 8.02. The summed E-state index contributed by atoms with van der Waals surface area (Å²) in [5.41, 5.74) is 0.628. The number of hydrogen-bond acceptors (Lipinski definition) is 4. The van der Waals surface area contributed by atoms with Crippen LogP contribution in [0, 0.1) is 0 Å². The number of nitrogens with zero attached hydrogens (tertiary/aromatic N) is 2. The van der Waals surface area contributed by atoms with Gasteiger partial charge in [0.2, 0.25) is 11.8 Å². The van der Waals surface area contributed by atoms with Gasteiger partial charge in [0.25, 0.3) is 0 Å². The van der Waals surface area contributed by atoms with Crippen LogP contribution in [-0.2, 0) is 0 Å². The first-order chi connectivity index (χ1) is 6.83. The number of rotatable bonds is 2. The van der Waals surface area contributed by atoms with Crippen molar-refractivity contribution in [2.45, 2.75) is 0 Å². The summed E-state index contributed by atoms with van der Waals surface area (Å²) in [6.07, 6.45) is 0. The first-order valence-electron chi connectivity index (χ1n) is 4.19. The Morgan fingerprint density at radius 3 is 1.79 bits per heavy atom. The van der Waals surface area contributed by atoms with Crippen molar-refractivity contribution in [2.75, 3.05) is 14.2 Å². The maximum atomic E-state index is 5.00. The second kappa shape index (κ2) is 3.49. The van der Waals surface area contributed by atoms with Gasteiger partial charge in [-0.15, -0.1) is 0 Å². The van der Waals surface area contributed by atoms with E-state index in [0.29, 0.717) is 17.4 Å². The highest BCUT2D eigenvalue weighted by atomic mass is 16.5. The summed E-state index contributed by atoms with van der Waals surface area (Å²) in [4.78, 5) is 8.38. The van der Waals surface area contributed by atoms with Crippen LogP contribution in [0.4, 0.5) is 0 Å². The lowest BCUT2D eigenvalue weighted by atomic mass is 10.3. The van der Waals surface area contributed by atoms with Gasteiger partial charge >= 0.3 is 0 Å². The van der Waals surface area contributed by atoms with Gasteiger partial charge in [-0.2, -0.15) is 9.97 Å². The molecule has 0 aromatic carbocycles. The van der Waals surface area contributed by atoms with E-state index in [4.69, 9.17) is 9.47 Å².